The average Bonchev–Trinajstić information content (AvgIpc) is 3.45. The molecule has 1 aliphatic carbocycles. The van der Waals surface area contributed by atoms with Crippen molar-refractivity contribution < 1.29 is 14.3 Å². The number of fused-ring (bicyclic) bond motifs is 1. The van der Waals surface area contributed by atoms with Crippen molar-refractivity contribution in [2.75, 3.05) is 0 Å². The highest BCUT2D eigenvalue weighted by Gasteiger charge is 2.35. The van der Waals surface area contributed by atoms with Gasteiger partial charge < -0.3 is 14.5 Å². The maximum absolute atomic E-state index is 12.8. The third kappa shape index (κ3) is 4.91. The number of benzene rings is 3. The Balaban J connectivity index is 1.57. The molecule has 0 spiro atoms. The Morgan fingerprint density at radius 2 is 1.84 bits per heavy atom. The van der Waals surface area contributed by atoms with Gasteiger partial charge in [0.1, 0.15) is 18.1 Å². The van der Waals surface area contributed by atoms with E-state index in [1.54, 1.807) is 12.4 Å². The number of ketones is 1. The van der Waals surface area contributed by atoms with Gasteiger partial charge in [0, 0.05) is 35.5 Å². The topological polar surface area (TPSA) is 64.2 Å². The van der Waals surface area contributed by atoms with Crippen molar-refractivity contribution in [1.29, 1.82) is 0 Å². The Morgan fingerprint density at radius 3 is 2.57 bits per heavy atom. The number of aromatic amines is 1. The fourth-order valence-corrected chi connectivity index (χ4v) is 5.06. The maximum atomic E-state index is 12.8. The predicted molar refractivity (Wildman–Crippen MR) is 145 cm³/mol. The van der Waals surface area contributed by atoms with Gasteiger partial charge in [-0.15, -0.1) is 0 Å². The zero-order chi connectivity index (χ0) is 26.0. The maximum Gasteiger partial charge on any atom is 0.188 e. The van der Waals surface area contributed by atoms with Crippen LogP contribution < -0.4 is 9.47 Å². The van der Waals surface area contributed by atoms with E-state index < -0.39 is 5.60 Å². The van der Waals surface area contributed by atoms with Crippen LogP contribution in [-0.2, 0) is 18.6 Å². The summed E-state index contributed by atoms with van der Waals surface area (Å²) in [6.45, 7) is 8.76. The third-order valence-electron chi connectivity index (χ3n) is 7.36. The lowest BCUT2D eigenvalue weighted by molar-refractivity contribution is 0.0970. The molecule has 1 heterocycles. The molecule has 1 N–H and O–H groups in total. The Morgan fingerprint density at radius 1 is 1.03 bits per heavy atom. The molecule has 0 bridgehead atoms. The average molecular weight is 495 g/mol. The molecule has 5 nitrogen and oxygen atoms in total. The summed E-state index contributed by atoms with van der Waals surface area (Å²) >= 11 is 0. The highest BCUT2D eigenvalue weighted by Crippen LogP contribution is 2.39. The number of ether oxygens (including phenoxy) is 2. The number of nitrogens with one attached hydrogen (secondary N) is 1. The van der Waals surface area contributed by atoms with Gasteiger partial charge in [0.2, 0.25) is 0 Å². The number of hydrogen-bond donors (Lipinski definition) is 1. The van der Waals surface area contributed by atoms with E-state index >= 15 is 0 Å². The van der Waals surface area contributed by atoms with Crippen molar-refractivity contribution in [3.8, 4) is 11.5 Å². The lowest BCUT2D eigenvalue weighted by Gasteiger charge is -2.32. The summed E-state index contributed by atoms with van der Waals surface area (Å²) in [7, 11) is 0. The molecule has 3 aromatic carbocycles. The smallest absolute Gasteiger partial charge is 0.188 e. The first-order valence-corrected chi connectivity index (χ1v) is 13.0. The van der Waals surface area contributed by atoms with Gasteiger partial charge in [0.25, 0.3) is 0 Å². The molecule has 1 atom stereocenters. The van der Waals surface area contributed by atoms with Crippen LogP contribution in [0.15, 0.2) is 73.1 Å². The van der Waals surface area contributed by atoms with Crippen LogP contribution in [0, 0.1) is 6.92 Å². The van der Waals surface area contributed by atoms with E-state index in [4.69, 9.17) is 9.47 Å². The second kappa shape index (κ2) is 10.3. The number of imidazole rings is 1. The van der Waals surface area contributed by atoms with Gasteiger partial charge in [0.15, 0.2) is 17.2 Å². The minimum Gasteiger partial charge on any atom is -0.488 e. The van der Waals surface area contributed by atoms with Crippen LogP contribution in [0.5, 0.6) is 11.5 Å². The second-order valence-electron chi connectivity index (χ2n) is 10.3. The molecule has 4 aromatic rings. The first-order valence-electron chi connectivity index (χ1n) is 13.0. The first-order chi connectivity index (χ1) is 17.9. The molecule has 37 heavy (non-hydrogen) atoms. The molecule has 0 saturated carbocycles. The molecular weight excluding hydrogens is 460 g/mol. The summed E-state index contributed by atoms with van der Waals surface area (Å²) < 4.78 is 13.3. The fraction of sp³-hybridized carbons (Fsp3) is 0.312. The normalized spacial score (nSPS) is 14.8. The first kappa shape index (κ1) is 24.8. The van der Waals surface area contributed by atoms with Crippen molar-refractivity contribution in [3.05, 3.63) is 112 Å². The van der Waals surface area contributed by atoms with Crippen LogP contribution in [0.4, 0.5) is 0 Å². The summed E-state index contributed by atoms with van der Waals surface area (Å²) in [5, 5.41) is 0. The second-order valence-corrected chi connectivity index (χ2v) is 10.3. The van der Waals surface area contributed by atoms with E-state index in [0.29, 0.717) is 30.5 Å². The van der Waals surface area contributed by atoms with Gasteiger partial charge in [-0.05, 0) is 67.5 Å². The Hall–Kier alpha value is -3.86. The molecule has 1 aromatic heterocycles. The zero-order valence-electron chi connectivity index (χ0n) is 22.0. The van der Waals surface area contributed by atoms with E-state index in [1.807, 2.05) is 49.4 Å². The standard InChI is InChI=1S/C32H34N2O3/c1-21(2)23-14-13-22(3)30(19-23)36-20-27-25-11-8-12-28(35)26(25)15-16-29(27)37-32(4,31-33-17-18-34-31)24-9-6-5-7-10-24/h5-7,9-10,13-19,21H,8,11-12,20H2,1-4H3,(H,33,34)/t32-/m0/s1. The molecule has 0 aliphatic heterocycles. The van der Waals surface area contributed by atoms with Crippen LogP contribution in [0.25, 0.3) is 0 Å². The van der Waals surface area contributed by atoms with Crippen molar-refractivity contribution in [2.24, 2.45) is 0 Å². The number of hydrogen-bond acceptors (Lipinski definition) is 4. The number of rotatable bonds is 8. The quantitative estimate of drug-likeness (QED) is 0.279. The molecular formula is C32H34N2O3. The van der Waals surface area contributed by atoms with Gasteiger partial charge in [-0.1, -0.05) is 56.3 Å². The lowest BCUT2D eigenvalue weighted by atomic mass is 9.86. The van der Waals surface area contributed by atoms with Gasteiger partial charge in [-0.3, -0.25) is 4.79 Å². The SMILES string of the molecule is Cc1ccc(C(C)C)cc1OCc1c(O[C@@](C)(c2ccccc2)c2ncc[nH]2)ccc2c1CCCC2=O. The third-order valence-corrected chi connectivity index (χ3v) is 7.36. The van der Waals surface area contributed by atoms with Crippen molar-refractivity contribution in [1.82, 2.24) is 9.97 Å². The minimum atomic E-state index is -0.861. The Labute approximate surface area is 218 Å². The molecule has 0 radical (unpaired) electrons. The van der Waals surface area contributed by atoms with E-state index in [1.165, 1.54) is 5.56 Å². The highest BCUT2D eigenvalue weighted by molar-refractivity contribution is 5.99. The molecule has 5 heteroatoms. The van der Waals surface area contributed by atoms with E-state index in [2.05, 4.69) is 48.9 Å². The zero-order valence-corrected chi connectivity index (χ0v) is 22.0. The number of H-pyrrole nitrogens is 1. The van der Waals surface area contributed by atoms with Crippen molar-refractivity contribution in [3.63, 3.8) is 0 Å². The lowest BCUT2D eigenvalue weighted by Crippen LogP contribution is -2.33. The summed E-state index contributed by atoms with van der Waals surface area (Å²) in [5.74, 6) is 2.86. The van der Waals surface area contributed by atoms with Gasteiger partial charge >= 0.3 is 0 Å². The van der Waals surface area contributed by atoms with E-state index in [-0.39, 0.29) is 5.78 Å². The number of carbonyl (C=O) groups is 1. The minimum absolute atomic E-state index is 0.184. The van der Waals surface area contributed by atoms with Gasteiger partial charge in [-0.25, -0.2) is 4.98 Å². The molecule has 0 unspecified atom stereocenters. The van der Waals surface area contributed by atoms with E-state index in [9.17, 15) is 4.79 Å². The van der Waals surface area contributed by atoms with E-state index in [0.717, 1.165) is 46.4 Å². The van der Waals surface area contributed by atoms with Crippen LogP contribution in [0.1, 0.15) is 83.5 Å². The predicted octanol–water partition coefficient (Wildman–Crippen LogP) is 7.28. The van der Waals surface area contributed by atoms with Crippen LogP contribution >= 0.6 is 0 Å². The number of carbonyl (C=O) groups excluding carboxylic acids is 1. The molecule has 5 rings (SSSR count). The molecule has 1 aliphatic rings. The van der Waals surface area contributed by atoms with Gasteiger partial charge in [0.05, 0.1) is 0 Å². The van der Waals surface area contributed by atoms with Gasteiger partial charge in [-0.2, -0.15) is 0 Å². The monoisotopic (exact) mass is 494 g/mol. The summed E-state index contributed by atoms with van der Waals surface area (Å²) in [6, 6.07) is 20.3. The summed E-state index contributed by atoms with van der Waals surface area (Å²) in [6.07, 6.45) is 5.78. The Bertz CT molecular complexity index is 1390. The number of nitrogens with zero attached hydrogens (tertiary/aromatic N) is 1. The molecule has 0 saturated heterocycles. The number of Topliss-reactive ketones (excluding diaryl/α,β-unsaturated/α-hetero) is 1. The highest BCUT2D eigenvalue weighted by atomic mass is 16.5. The number of aryl methyl sites for hydroxylation is 1. The number of aromatic nitrogens is 2. The fourth-order valence-electron chi connectivity index (χ4n) is 5.06. The Kier molecular flexibility index (Phi) is 6.88. The molecule has 0 fully saturated rings. The summed E-state index contributed by atoms with van der Waals surface area (Å²) in [4.78, 5) is 20.6. The molecule has 0 amide bonds. The summed E-state index contributed by atoms with van der Waals surface area (Å²) in [5.41, 5.74) is 5.17. The van der Waals surface area contributed by atoms with Crippen molar-refractivity contribution >= 4 is 5.78 Å². The van der Waals surface area contributed by atoms with Crippen molar-refractivity contribution in [2.45, 2.75) is 65.1 Å². The molecule has 190 valence electrons. The van der Waals surface area contributed by atoms with Crippen LogP contribution in [0.2, 0.25) is 0 Å². The van der Waals surface area contributed by atoms with Crippen LogP contribution in [-0.4, -0.2) is 15.8 Å². The largest absolute Gasteiger partial charge is 0.488 e. The van der Waals surface area contributed by atoms with Crippen LogP contribution in [0.3, 0.4) is 0 Å².